The Morgan fingerprint density at radius 1 is 1.17 bits per heavy atom. The van der Waals surface area contributed by atoms with Gasteiger partial charge in [0.15, 0.2) is 0 Å². The van der Waals surface area contributed by atoms with Crippen LogP contribution >= 0.6 is 0 Å². The van der Waals surface area contributed by atoms with Crippen molar-refractivity contribution in [1.29, 1.82) is 0 Å². The van der Waals surface area contributed by atoms with Gasteiger partial charge in [-0.3, -0.25) is 0 Å². The lowest BCUT2D eigenvalue weighted by atomic mass is 10.1. The zero-order valence-corrected chi connectivity index (χ0v) is 11.6. The molecule has 0 heterocycles. The molecule has 0 bridgehead atoms. The summed E-state index contributed by atoms with van der Waals surface area (Å²) in [7, 11) is 0. The highest BCUT2D eigenvalue weighted by Crippen LogP contribution is 2.23. The summed E-state index contributed by atoms with van der Waals surface area (Å²) < 4.78 is 0. The van der Waals surface area contributed by atoms with Gasteiger partial charge in [0.2, 0.25) is 0 Å². The predicted molar refractivity (Wildman–Crippen MR) is 79.2 cm³/mol. The number of nitrogens with zero attached hydrogens (tertiary/aromatic N) is 1. The fourth-order valence-electron chi connectivity index (χ4n) is 2.84. The first-order chi connectivity index (χ1) is 8.90. The standard InChI is InChI=1S/C16H26N2/c1-2-18(16-10-4-3-5-11-16)13-12-17-14-15-8-6-7-9-15/h3-5,10-11,15,17H,2,6-9,12-14H2,1H3. The van der Waals surface area contributed by atoms with Crippen LogP contribution in [0.2, 0.25) is 0 Å². The number of anilines is 1. The van der Waals surface area contributed by atoms with E-state index in [9.17, 15) is 0 Å². The molecular formula is C16H26N2. The van der Waals surface area contributed by atoms with E-state index in [0.29, 0.717) is 0 Å². The molecule has 1 aliphatic rings. The van der Waals surface area contributed by atoms with E-state index >= 15 is 0 Å². The number of para-hydroxylation sites is 1. The SMILES string of the molecule is CCN(CCNCC1CCCC1)c1ccccc1. The summed E-state index contributed by atoms with van der Waals surface area (Å²) in [6, 6.07) is 10.7. The third kappa shape index (κ3) is 4.02. The van der Waals surface area contributed by atoms with Gasteiger partial charge in [-0.1, -0.05) is 31.0 Å². The fraction of sp³-hybridized carbons (Fsp3) is 0.625. The van der Waals surface area contributed by atoms with Crippen molar-refractivity contribution in [2.45, 2.75) is 32.6 Å². The van der Waals surface area contributed by atoms with E-state index in [-0.39, 0.29) is 0 Å². The summed E-state index contributed by atoms with van der Waals surface area (Å²) in [4.78, 5) is 2.43. The zero-order chi connectivity index (χ0) is 12.6. The average molecular weight is 246 g/mol. The third-order valence-corrected chi connectivity index (χ3v) is 3.97. The summed E-state index contributed by atoms with van der Waals surface area (Å²) >= 11 is 0. The number of hydrogen-bond donors (Lipinski definition) is 1. The molecule has 1 N–H and O–H groups in total. The molecule has 0 unspecified atom stereocenters. The first kappa shape index (κ1) is 13.4. The van der Waals surface area contributed by atoms with Crippen LogP contribution in [0.1, 0.15) is 32.6 Å². The van der Waals surface area contributed by atoms with Crippen molar-refractivity contribution in [3.8, 4) is 0 Å². The molecule has 1 fully saturated rings. The monoisotopic (exact) mass is 246 g/mol. The van der Waals surface area contributed by atoms with Gasteiger partial charge in [-0.25, -0.2) is 0 Å². The van der Waals surface area contributed by atoms with E-state index in [1.54, 1.807) is 0 Å². The van der Waals surface area contributed by atoms with Crippen molar-refractivity contribution in [2.75, 3.05) is 31.1 Å². The van der Waals surface area contributed by atoms with Crippen LogP contribution in [0, 0.1) is 5.92 Å². The van der Waals surface area contributed by atoms with Gasteiger partial charge in [0.05, 0.1) is 0 Å². The Hall–Kier alpha value is -1.02. The fourth-order valence-corrected chi connectivity index (χ4v) is 2.84. The third-order valence-electron chi connectivity index (χ3n) is 3.97. The van der Waals surface area contributed by atoms with Crippen LogP contribution in [0.4, 0.5) is 5.69 Å². The van der Waals surface area contributed by atoms with E-state index in [2.05, 4.69) is 47.5 Å². The minimum absolute atomic E-state index is 0.941. The maximum Gasteiger partial charge on any atom is 0.0366 e. The van der Waals surface area contributed by atoms with Crippen molar-refractivity contribution < 1.29 is 0 Å². The van der Waals surface area contributed by atoms with E-state index in [0.717, 1.165) is 25.6 Å². The lowest BCUT2D eigenvalue weighted by molar-refractivity contribution is 0.491. The Balaban J connectivity index is 1.67. The minimum Gasteiger partial charge on any atom is -0.371 e. The molecule has 1 saturated carbocycles. The Bertz CT molecular complexity index is 317. The zero-order valence-electron chi connectivity index (χ0n) is 11.6. The van der Waals surface area contributed by atoms with Gasteiger partial charge in [-0.15, -0.1) is 0 Å². The van der Waals surface area contributed by atoms with E-state index < -0.39 is 0 Å². The quantitative estimate of drug-likeness (QED) is 0.743. The number of nitrogens with one attached hydrogen (secondary N) is 1. The molecule has 0 spiro atoms. The van der Waals surface area contributed by atoms with E-state index in [1.165, 1.54) is 37.9 Å². The Morgan fingerprint density at radius 2 is 1.89 bits per heavy atom. The average Bonchev–Trinajstić information content (AvgIpc) is 2.93. The molecule has 18 heavy (non-hydrogen) atoms. The summed E-state index contributed by atoms with van der Waals surface area (Å²) in [5.41, 5.74) is 1.34. The molecule has 2 rings (SSSR count). The van der Waals surface area contributed by atoms with Crippen LogP contribution in [0.3, 0.4) is 0 Å². The van der Waals surface area contributed by atoms with Gasteiger partial charge in [-0.05, 0) is 44.4 Å². The maximum atomic E-state index is 3.62. The van der Waals surface area contributed by atoms with Crippen molar-refractivity contribution in [1.82, 2.24) is 5.32 Å². The Labute approximate surface area is 111 Å². The molecule has 0 saturated heterocycles. The number of rotatable bonds is 7. The molecule has 0 atom stereocenters. The molecule has 2 heteroatoms. The van der Waals surface area contributed by atoms with Crippen molar-refractivity contribution in [3.63, 3.8) is 0 Å². The lowest BCUT2D eigenvalue weighted by Gasteiger charge is -2.23. The summed E-state index contributed by atoms with van der Waals surface area (Å²) in [6.07, 6.45) is 5.75. The molecule has 0 aliphatic heterocycles. The summed E-state index contributed by atoms with van der Waals surface area (Å²) in [5, 5.41) is 3.62. The normalized spacial score (nSPS) is 16.1. The Kier molecular flexibility index (Phi) is 5.53. The first-order valence-corrected chi connectivity index (χ1v) is 7.41. The van der Waals surface area contributed by atoms with Crippen molar-refractivity contribution in [3.05, 3.63) is 30.3 Å². The first-order valence-electron chi connectivity index (χ1n) is 7.41. The highest BCUT2D eigenvalue weighted by molar-refractivity contribution is 5.45. The smallest absolute Gasteiger partial charge is 0.0366 e. The second-order valence-electron chi connectivity index (χ2n) is 5.27. The van der Waals surface area contributed by atoms with Gasteiger partial charge in [0, 0.05) is 25.3 Å². The Morgan fingerprint density at radius 3 is 2.56 bits per heavy atom. The number of hydrogen-bond acceptors (Lipinski definition) is 2. The number of benzene rings is 1. The van der Waals surface area contributed by atoms with Crippen molar-refractivity contribution in [2.24, 2.45) is 5.92 Å². The van der Waals surface area contributed by atoms with E-state index in [4.69, 9.17) is 0 Å². The summed E-state index contributed by atoms with van der Waals surface area (Å²) in [6.45, 7) is 6.72. The van der Waals surface area contributed by atoms with Crippen LogP contribution in [-0.2, 0) is 0 Å². The van der Waals surface area contributed by atoms with Crippen LogP contribution in [-0.4, -0.2) is 26.2 Å². The van der Waals surface area contributed by atoms with Gasteiger partial charge in [-0.2, -0.15) is 0 Å². The lowest BCUT2D eigenvalue weighted by Crippen LogP contribution is -2.33. The topological polar surface area (TPSA) is 15.3 Å². The maximum absolute atomic E-state index is 3.62. The summed E-state index contributed by atoms with van der Waals surface area (Å²) in [5.74, 6) is 0.941. The van der Waals surface area contributed by atoms with Crippen LogP contribution < -0.4 is 10.2 Å². The van der Waals surface area contributed by atoms with Crippen LogP contribution in [0.25, 0.3) is 0 Å². The largest absolute Gasteiger partial charge is 0.371 e. The van der Waals surface area contributed by atoms with Gasteiger partial charge < -0.3 is 10.2 Å². The van der Waals surface area contributed by atoms with Crippen LogP contribution in [0.15, 0.2) is 30.3 Å². The molecule has 100 valence electrons. The highest BCUT2D eigenvalue weighted by atomic mass is 15.1. The molecule has 1 aromatic rings. The van der Waals surface area contributed by atoms with Gasteiger partial charge in [0.1, 0.15) is 0 Å². The molecule has 1 aliphatic carbocycles. The van der Waals surface area contributed by atoms with Gasteiger partial charge in [0.25, 0.3) is 0 Å². The molecule has 1 aromatic carbocycles. The van der Waals surface area contributed by atoms with E-state index in [1.807, 2.05) is 0 Å². The van der Waals surface area contributed by atoms with Gasteiger partial charge >= 0.3 is 0 Å². The molecule has 0 radical (unpaired) electrons. The van der Waals surface area contributed by atoms with Crippen LogP contribution in [0.5, 0.6) is 0 Å². The second-order valence-corrected chi connectivity index (χ2v) is 5.27. The molecular weight excluding hydrogens is 220 g/mol. The number of likely N-dealkylation sites (N-methyl/N-ethyl adjacent to an activating group) is 1. The molecule has 2 nitrogen and oxygen atoms in total. The highest BCUT2D eigenvalue weighted by Gasteiger charge is 2.14. The second kappa shape index (κ2) is 7.42. The minimum atomic E-state index is 0.941. The van der Waals surface area contributed by atoms with Crippen molar-refractivity contribution >= 4 is 5.69 Å². The predicted octanol–water partition coefficient (Wildman–Crippen LogP) is 3.29. The molecule has 0 amide bonds. The molecule has 0 aromatic heterocycles.